The number of primary amides is 1. The van der Waals surface area contributed by atoms with Gasteiger partial charge in [-0.05, 0) is 11.6 Å². The number of rotatable bonds is 3. The van der Waals surface area contributed by atoms with Crippen LogP contribution in [0, 0.1) is 0 Å². The number of nitrogens with zero attached hydrogens (tertiary/aromatic N) is 1. The smallest absolute Gasteiger partial charge is 0.323 e. The zero-order valence-corrected chi connectivity index (χ0v) is 8.84. The van der Waals surface area contributed by atoms with E-state index in [0.717, 1.165) is 0 Å². The van der Waals surface area contributed by atoms with Crippen molar-refractivity contribution in [2.24, 2.45) is 5.73 Å². The van der Waals surface area contributed by atoms with E-state index >= 15 is 0 Å². The van der Waals surface area contributed by atoms with Crippen molar-refractivity contribution in [1.82, 2.24) is 4.90 Å². The number of aliphatic carboxylic acids is 1. The van der Waals surface area contributed by atoms with Crippen molar-refractivity contribution in [2.45, 2.75) is 6.54 Å². The molecule has 0 saturated carbocycles. The first-order chi connectivity index (χ1) is 8.00. The first-order valence-corrected chi connectivity index (χ1v) is 4.93. The number of amides is 2. The van der Waals surface area contributed by atoms with Gasteiger partial charge in [-0.3, -0.25) is 14.4 Å². The summed E-state index contributed by atoms with van der Waals surface area (Å²) in [6.07, 6.45) is 0. The van der Waals surface area contributed by atoms with E-state index in [2.05, 4.69) is 0 Å². The van der Waals surface area contributed by atoms with Gasteiger partial charge >= 0.3 is 5.97 Å². The molecule has 1 heterocycles. The summed E-state index contributed by atoms with van der Waals surface area (Å²) in [6.45, 7) is -0.187. The van der Waals surface area contributed by atoms with Crippen molar-refractivity contribution >= 4 is 17.8 Å². The molecule has 0 saturated heterocycles. The molecule has 6 nitrogen and oxygen atoms in total. The lowest BCUT2D eigenvalue weighted by molar-refractivity contribution is -0.137. The third kappa shape index (κ3) is 1.84. The molecule has 1 aliphatic heterocycles. The molecule has 1 aliphatic rings. The topological polar surface area (TPSA) is 101 Å². The Hall–Kier alpha value is -2.37. The summed E-state index contributed by atoms with van der Waals surface area (Å²) in [5.74, 6) is -2.24. The van der Waals surface area contributed by atoms with E-state index in [4.69, 9.17) is 10.8 Å². The molecule has 0 spiro atoms. The lowest BCUT2D eigenvalue weighted by Crippen LogP contribution is -2.30. The van der Waals surface area contributed by atoms with Gasteiger partial charge in [0.1, 0.15) is 6.54 Å². The van der Waals surface area contributed by atoms with E-state index < -0.39 is 17.8 Å². The molecule has 0 aromatic heterocycles. The van der Waals surface area contributed by atoms with Gasteiger partial charge in [0, 0.05) is 6.54 Å². The number of carbonyl (C=O) groups excluding carboxylic acids is 2. The van der Waals surface area contributed by atoms with Crippen LogP contribution in [-0.4, -0.2) is 34.3 Å². The van der Waals surface area contributed by atoms with Crippen molar-refractivity contribution in [3.05, 3.63) is 34.9 Å². The number of carboxylic acids is 1. The number of carbonyl (C=O) groups is 3. The van der Waals surface area contributed by atoms with Gasteiger partial charge in [-0.1, -0.05) is 12.1 Å². The second-order valence-electron chi connectivity index (χ2n) is 3.76. The molecule has 0 fully saturated rings. The zero-order chi connectivity index (χ0) is 12.6. The first kappa shape index (κ1) is 11.1. The van der Waals surface area contributed by atoms with E-state index in [0.29, 0.717) is 5.56 Å². The molecule has 0 radical (unpaired) electrons. The highest BCUT2D eigenvalue weighted by Gasteiger charge is 2.31. The average molecular weight is 234 g/mol. The number of hydrogen-bond acceptors (Lipinski definition) is 3. The fraction of sp³-hybridized carbons (Fsp3) is 0.182. The normalized spacial score (nSPS) is 13.6. The third-order valence-corrected chi connectivity index (χ3v) is 2.60. The van der Waals surface area contributed by atoms with Crippen molar-refractivity contribution in [3.8, 4) is 0 Å². The van der Waals surface area contributed by atoms with Crippen LogP contribution in [-0.2, 0) is 11.3 Å². The van der Waals surface area contributed by atoms with Gasteiger partial charge in [-0.25, -0.2) is 0 Å². The highest BCUT2D eigenvalue weighted by Crippen LogP contribution is 2.25. The molecule has 2 amide bonds. The predicted molar refractivity (Wildman–Crippen MR) is 57.3 cm³/mol. The summed E-state index contributed by atoms with van der Waals surface area (Å²) in [5, 5.41) is 8.66. The highest BCUT2D eigenvalue weighted by atomic mass is 16.4. The van der Waals surface area contributed by atoms with E-state index in [-0.39, 0.29) is 24.2 Å². The van der Waals surface area contributed by atoms with E-state index in [1.54, 1.807) is 12.1 Å². The Bertz CT molecular complexity index is 524. The Kier molecular flexibility index (Phi) is 2.55. The quantitative estimate of drug-likeness (QED) is 0.757. The van der Waals surface area contributed by atoms with Crippen molar-refractivity contribution < 1.29 is 19.5 Å². The summed E-state index contributed by atoms with van der Waals surface area (Å²) in [4.78, 5) is 34.8. The largest absolute Gasteiger partial charge is 0.480 e. The Morgan fingerprint density at radius 3 is 2.71 bits per heavy atom. The maximum atomic E-state index is 11.9. The fourth-order valence-corrected chi connectivity index (χ4v) is 1.92. The Morgan fingerprint density at radius 1 is 1.41 bits per heavy atom. The molecule has 2 rings (SSSR count). The molecule has 0 atom stereocenters. The van der Waals surface area contributed by atoms with Crippen LogP contribution >= 0.6 is 0 Å². The number of nitrogens with two attached hydrogens (primary N) is 1. The van der Waals surface area contributed by atoms with Gasteiger partial charge in [-0.15, -0.1) is 0 Å². The molecule has 6 heteroatoms. The summed E-state index contributed by atoms with van der Waals surface area (Å²) < 4.78 is 0. The molecule has 17 heavy (non-hydrogen) atoms. The molecule has 88 valence electrons. The SMILES string of the molecule is NC(=O)c1cccc2c1C(=O)N(CC(=O)O)C2. The second-order valence-corrected chi connectivity index (χ2v) is 3.76. The molecule has 3 N–H and O–H groups in total. The molecule has 1 aromatic rings. The van der Waals surface area contributed by atoms with Crippen LogP contribution in [0.15, 0.2) is 18.2 Å². The van der Waals surface area contributed by atoms with E-state index in [1.165, 1.54) is 11.0 Å². The van der Waals surface area contributed by atoms with Gasteiger partial charge in [0.25, 0.3) is 5.91 Å². The van der Waals surface area contributed by atoms with Crippen LogP contribution in [0.2, 0.25) is 0 Å². The van der Waals surface area contributed by atoms with Crippen molar-refractivity contribution in [1.29, 1.82) is 0 Å². The third-order valence-electron chi connectivity index (χ3n) is 2.60. The lowest BCUT2D eigenvalue weighted by atomic mass is 10.0. The maximum absolute atomic E-state index is 11.9. The molecule has 0 bridgehead atoms. The van der Waals surface area contributed by atoms with Crippen LogP contribution in [0.3, 0.4) is 0 Å². The lowest BCUT2D eigenvalue weighted by Gasteiger charge is -2.11. The minimum Gasteiger partial charge on any atom is -0.480 e. The number of carboxylic acid groups (broad SMARTS) is 1. The van der Waals surface area contributed by atoms with Crippen LogP contribution in [0.4, 0.5) is 0 Å². The predicted octanol–water partition coefficient (Wildman–Crippen LogP) is -0.174. The van der Waals surface area contributed by atoms with Crippen LogP contribution in [0.25, 0.3) is 0 Å². The first-order valence-electron chi connectivity index (χ1n) is 4.93. The number of benzene rings is 1. The van der Waals surface area contributed by atoms with Crippen molar-refractivity contribution in [3.63, 3.8) is 0 Å². The van der Waals surface area contributed by atoms with Crippen molar-refractivity contribution in [2.75, 3.05) is 6.54 Å². The van der Waals surface area contributed by atoms with Gasteiger partial charge in [0.05, 0.1) is 11.1 Å². The molecule has 1 aromatic carbocycles. The van der Waals surface area contributed by atoms with Gasteiger partial charge < -0.3 is 15.7 Å². The Labute approximate surface area is 96.6 Å². The van der Waals surface area contributed by atoms with Crippen LogP contribution in [0.1, 0.15) is 26.3 Å². The van der Waals surface area contributed by atoms with E-state index in [1.807, 2.05) is 0 Å². The summed E-state index contributed by atoms with van der Waals surface area (Å²) in [7, 11) is 0. The molecule has 0 unspecified atom stereocenters. The second kappa shape index (κ2) is 3.89. The van der Waals surface area contributed by atoms with Crippen LogP contribution < -0.4 is 5.73 Å². The zero-order valence-electron chi connectivity index (χ0n) is 8.84. The Balaban J connectivity index is 2.42. The highest BCUT2D eigenvalue weighted by molar-refractivity contribution is 6.09. The molecular weight excluding hydrogens is 224 g/mol. The fourth-order valence-electron chi connectivity index (χ4n) is 1.92. The number of fused-ring (bicyclic) bond motifs is 1. The van der Waals surface area contributed by atoms with Crippen LogP contribution in [0.5, 0.6) is 0 Å². The minimum atomic E-state index is -1.09. The summed E-state index contributed by atoms with van der Waals surface area (Å²) >= 11 is 0. The standard InChI is InChI=1S/C11H10N2O4/c12-10(16)7-3-1-2-6-4-13(5-8(14)15)11(17)9(6)7/h1-3H,4-5H2,(H2,12,16)(H,14,15). The Morgan fingerprint density at radius 2 is 2.12 bits per heavy atom. The summed E-state index contributed by atoms with van der Waals surface area (Å²) in [6, 6.07) is 4.77. The van der Waals surface area contributed by atoms with Gasteiger partial charge in [0.2, 0.25) is 5.91 Å². The monoisotopic (exact) mass is 234 g/mol. The average Bonchev–Trinajstić information content (AvgIpc) is 2.55. The van der Waals surface area contributed by atoms with Gasteiger partial charge in [-0.2, -0.15) is 0 Å². The number of hydrogen-bond donors (Lipinski definition) is 2. The molecule has 0 aliphatic carbocycles. The van der Waals surface area contributed by atoms with Gasteiger partial charge in [0.15, 0.2) is 0 Å². The maximum Gasteiger partial charge on any atom is 0.323 e. The molecular formula is C11H10N2O4. The summed E-state index contributed by atoms with van der Waals surface area (Å²) in [5.41, 5.74) is 6.16. The van der Waals surface area contributed by atoms with E-state index in [9.17, 15) is 14.4 Å². The minimum absolute atomic E-state index is 0.139.